The molecular formula is C13H21NO2S. The van der Waals surface area contributed by atoms with Crippen molar-refractivity contribution in [3.63, 3.8) is 0 Å². The SMILES string of the molecule is O=C(CC1(CS)CC1)NC1CCOC1C1CC1. The molecule has 0 aromatic carbocycles. The first-order valence-electron chi connectivity index (χ1n) is 6.74. The molecule has 3 rings (SSSR count). The summed E-state index contributed by atoms with van der Waals surface area (Å²) < 4.78 is 5.73. The van der Waals surface area contributed by atoms with Crippen LogP contribution in [0, 0.1) is 11.3 Å². The van der Waals surface area contributed by atoms with E-state index in [4.69, 9.17) is 4.74 Å². The lowest BCUT2D eigenvalue weighted by atomic mass is 10.0. The molecule has 1 amide bonds. The van der Waals surface area contributed by atoms with Crippen molar-refractivity contribution in [1.82, 2.24) is 5.32 Å². The Morgan fingerprint density at radius 1 is 1.35 bits per heavy atom. The van der Waals surface area contributed by atoms with Gasteiger partial charge in [-0.05, 0) is 49.2 Å². The summed E-state index contributed by atoms with van der Waals surface area (Å²) in [6.45, 7) is 0.809. The van der Waals surface area contributed by atoms with Crippen molar-refractivity contribution in [3.8, 4) is 0 Å². The van der Waals surface area contributed by atoms with Crippen molar-refractivity contribution in [3.05, 3.63) is 0 Å². The standard InChI is InChI=1S/C13H21NO2S/c15-11(7-13(8-17)4-5-13)14-10-3-6-16-12(10)9-1-2-9/h9-10,12,17H,1-8H2,(H,14,15). The fourth-order valence-corrected chi connectivity index (χ4v) is 3.25. The Hall–Kier alpha value is -0.220. The van der Waals surface area contributed by atoms with Crippen LogP contribution in [0.1, 0.15) is 38.5 Å². The maximum absolute atomic E-state index is 12.0. The molecule has 2 unspecified atom stereocenters. The van der Waals surface area contributed by atoms with Crippen molar-refractivity contribution in [1.29, 1.82) is 0 Å². The normalized spacial score (nSPS) is 34.6. The van der Waals surface area contributed by atoms with Crippen LogP contribution in [-0.4, -0.2) is 30.4 Å². The van der Waals surface area contributed by atoms with Crippen molar-refractivity contribution in [2.75, 3.05) is 12.4 Å². The molecule has 0 aromatic heterocycles. The number of hydrogen-bond acceptors (Lipinski definition) is 3. The van der Waals surface area contributed by atoms with Crippen molar-refractivity contribution in [2.45, 2.75) is 50.7 Å². The molecule has 0 bridgehead atoms. The summed E-state index contributed by atoms with van der Waals surface area (Å²) in [5.41, 5.74) is 0.224. The lowest BCUT2D eigenvalue weighted by Crippen LogP contribution is -2.42. The largest absolute Gasteiger partial charge is 0.376 e. The molecule has 1 saturated heterocycles. The van der Waals surface area contributed by atoms with Crippen LogP contribution in [-0.2, 0) is 9.53 Å². The van der Waals surface area contributed by atoms with Crippen LogP contribution >= 0.6 is 12.6 Å². The molecule has 1 N–H and O–H groups in total. The van der Waals surface area contributed by atoms with Gasteiger partial charge in [0.15, 0.2) is 0 Å². The molecule has 3 nitrogen and oxygen atoms in total. The summed E-state index contributed by atoms with van der Waals surface area (Å²) in [4.78, 5) is 12.0. The summed E-state index contributed by atoms with van der Waals surface area (Å²) in [5, 5.41) is 3.18. The summed E-state index contributed by atoms with van der Waals surface area (Å²) in [5.74, 6) is 1.76. The highest BCUT2D eigenvalue weighted by atomic mass is 32.1. The van der Waals surface area contributed by atoms with E-state index in [0.29, 0.717) is 18.4 Å². The second kappa shape index (κ2) is 4.47. The van der Waals surface area contributed by atoms with Gasteiger partial charge in [0.25, 0.3) is 0 Å². The van der Waals surface area contributed by atoms with Gasteiger partial charge >= 0.3 is 0 Å². The average molecular weight is 255 g/mol. The molecule has 1 heterocycles. The van der Waals surface area contributed by atoms with Crippen LogP contribution in [0.15, 0.2) is 0 Å². The van der Waals surface area contributed by atoms with Gasteiger partial charge in [-0.15, -0.1) is 0 Å². The first-order valence-corrected chi connectivity index (χ1v) is 7.38. The van der Waals surface area contributed by atoms with Gasteiger partial charge in [0, 0.05) is 13.0 Å². The van der Waals surface area contributed by atoms with Crippen LogP contribution in [0.2, 0.25) is 0 Å². The second-order valence-corrected chi connectivity index (χ2v) is 6.29. The molecule has 0 radical (unpaired) electrons. The van der Waals surface area contributed by atoms with Gasteiger partial charge in [0.05, 0.1) is 12.1 Å². The van der Waals surface area contributed by atoms with E-state index in [0.717, 1.165) is 31.6 Å². The third-order valence-corrected chi connectivity index (χ3v) is 5.07. The van der Waals surface area contributed by atoms with E-state index >= 15 is 0 Å². The smallest absolute Gasteiger partial charge is 0.220 e. The van der Waals surface area contributed by atoms with Gasteiger partial charge in [-0.1, -0.05) is 0 Å². The molecule has 0 spiro atoms. The summed E-state index contributed by atoms with van der Waals surface area (Å²) in [6, 6.07) is 0.269. The Balaban J connectivity index is 1.50. The van der Waals surface area contributed by atoms with Crippen molar-refractivity contribution < 1.29 is 9.53 Å². The number of nitrogens with one attached hydrogen (secondary N) is 1. The zero-order chi connectivity index (χ0) is 11.9. The Kier molecular flexibility index (Phi) is 3.11. The minimum atomic E-state index is 0.206. The number of ether oxygens (including phenoxy) is 1. The van der Waals surface area contributed by atoms with E-state index in [1.807, 2.05) is 0 Å². The van der Waals surface area contributed by atoms with Gasteiger partial charge in [-0.2, -0.15) is 12.6 Å². The van der Waals surface area contributed by atoms with Gasteiger partial charge in [-0.3, -0.25) is 4.79 Å². The molecule has 3 fully saturated rings. The zero-order valence-corrected chi connectivity index (χ0v) is 11.0. The average Bonchev–Trinajstić information content (AvgIpc) is 3.22. The summed E-state index contributed by atoms with van der Waals surface area (Å²) in [7, 11) is 0. The van der Waals surface area contributed by atoms with Crippen molar-refractivity contribution >= 4 is 18.5 Å². The number of hydrogen-bond donors (Lipinski definition) is 2. The third-order valence-electron chi connectivity index (χ3n) is 4.40. The molecule has 96 valence electrons. The highest BCUT2D eigenvalue weighted by Gasteiger charge is 2.45. The molecule has 17 heavy (non-hydrogen) atoms. The minimum Gasteiger partial charge on any atom is -0.376 e. The number of rotatable bonds is 5. The van der Waals surface area contributed by atoms with E-state index in [-0.39, 0.29) is 17.4 Å². The van der Waals surface area contributed by atoms with E-state index < -0.39 is 0 Å². The van der Waals surface area contributed by atoms with E-state index in [1.165, 1.54) is 12.8 Å². The highest BCUT2D eigenvalue weighted by molar-refractivity contribution is 7.80. The molecule has 0 aromatic rings. The fourth-order valence-electron chi connectivity index (χ4n) is 2.82. The zero-order valence-electron chi connectivity index (χ0n) is 10.2. The lowest BCUT2D eigenvalue weighted by Gasteiger charge is -2.21. The van der Waals surface area contributed by atoms with E-state index in [9.17, 15) is 4.79 Å². The van der Waals surface area contributed by atoms with Gasteiger partial charge in [0.2, 0.25) is 5.91 Å². The lowest BCUT2D eigenvalue weighted by molar-refractivity contribution is -0.123. The Morgan fingerprint density at radius 2 is 2.12 bits per heavy atom. The highest BCUT2D eigenvalue weighted by Crippen LogP contribution is 2.49. The monoisotopic (exact) mass is 255 g/mol. The molecule has 3 aliphatic rings. The predicted molar refractivity (Wildman–Crippen MR) is 69.1 cm³/mol. The molecule has 1 aliphatic heterocycles. The van der Waals surface area contributed by atoms with Crippen LogP contribution in [0.3, 0.4) is 0 Å². The first kappa shape index (κ1) is 11.8. The number of thiol groups is 1. The van der Waals surface area contributed by atoms with Gasteiger partial charge in [0.1, 0.15) is 0 Å². The molecular weight excluding hydrogens is 234 g/mol. The maximum atomic E-state index is 12.0. The summed E-state index contributed by atoms with van der Waals surface area (Å²) in [6.07, 6.45) is 6.82. The van der Waals surface area contributed by atoms with E-state index in [2.05, 4.69) is 17.9 Å². The van der Waals surface area contributed by atoms with Gasteiger partial charge < -0.3 is 10.1 Å². The molecule has 4 heteroatoms. The van der Waals surface area contributed by atoms with Crippen LogP contribution in [0.25, 0.3) is 0 Å². The molecule has 2 atom stereocenters. The number of carbonyl (C=O) groups is 1. The Morgan fingerprint density at radius 3 is 2.71 bits per heavy atom. The third kappa shape index (κ3) is 2.63. The Labute approximate surface area is 108 Å². The summed E-state index contributed by atoms with van der Waals surface area (Å²) >= 11 is 4.34. The minimum absolute atomic E-state index is 0.206. The van der Waals surface area contributed by atoms with Crippen LogP contribution in [0.4, 0.5) is 0 Å². The topological polar surface area (TPSA) is 38.3 Å². The van der Waals surface area contributed by atoms with Crippen LogP contribution < -0.4 is 5.32 Å². The second-order valence-electron chi connectivity index (χ2n) is 5.97. The number of carbonyl (C=O) groups excluding carboxylic acids is 1. The van der Waals surface area contributed by atoms with Crippen molar-refractivity contribution in [2.24, 2.45) is 11.3 Å². The van der Waals surface area contributed by atoms with E-state index in [1.54, 1.807) is 0 Å². The Bertz CT molecular complexity index is 313. The quantitative estimate of drug-likeness (QED) is 0.735. The predicted octanol–water partition coefficient (Wildman–Crippen LogP) is 1.77. The number of amides is 1. The first-order chi connectivity index (χ1) is 8.22. The molecule has 2 aliphatic carbocycles. The van der Waals surface area contributed by atoms with Gasteiger partial charge in [-0.25, -0.2) is 0 Å². The maximum Gasteiger partial charge on any atom is 0.220 e. The van der Waals surface area contributed by atoms with Crippen LogP contribution in [0.5, 0.6) is 0 Å². The fraction of sp³-hybridized carbons (Fsp3) is 0.923. The molecule has 2 saturated carbocycles.